The average molecular weight is 338 g/mol. The van der Waals surface area contributed by atoms with Gasteiger partial charge in [-0.05, 0) is 23.3 Å². The molecule has 21 heavy (non-hydrogen) atoms. The molecule has 3 nitrogen and oxygen atoms in total. The molecule has 0 heterocycles. The predicted molar refractivity (Wildman–Crippen MR) is 93.4 cm³/mol. The number of hydrogen-bond donors (Lipinski definition) is 1. The van der Waals surface area contributed by atoms with E-state index in [0.717, 1.165) is 11.3 Å². The highest BCUT2D eigenvalue weighted by atomic mass is 35.5. The molecule has 0 amide bonds. The molecule has 0 aliphatic carbocycles. The average Bonchev–Trinajstić information content (AvgIpc) is 2.50. The monoisotopic (exact) mass is 337 g/mol. The number of rotatable bonds is 4. The molecule has 0 radical (unpaired) electrons. The Morgan fingerprint density at radius 2 is 1.86 bits per heavy atom. The van der Waals surface area contributed by atoms with Crippen LogP contribution in [0.25, 0.3) is 0 Å². The lowest BCUT2D eigenvalue weighted by molar-refractivity contribution is 1.25. The van der Waals surface area contributed by atoms with Crippen molar-refractivity contribution in [1.29, 1.82) is 0 Å². The van der Waals surface area contributed by atoms with Crippen molar-refractivity contribution >= 4 is 46.3 Å². The first-order valence-electron chi connectivity index (χ1n) is 6.13. The van der Waals surface area contributed by atoms with Crippen LogP contribution in [0.3, 0.4) is 0 Å². The van der Waals surface area contributed by atoms with Gasteiger partial charge in [0.15, 0.2) is 5.17 Å². The third-order valence-electron chi connectivity index (χ3n) is 2.54. The van der Waals surface area contributed by atoms with E-state index in [-0.39, 0.29) is 0 Å². The zero-order valence-corrected chi connectivity index (χ0v) is 13.4. The number of hydrogen-bond acceptors (Lipinski definition) is 3. The Bertz CT molecular complexity index is 657. The van der Waals surface area contributed by atoms with Crippen molar-refractivity contribution in [3.05, 3.63) is 69.7 Å². The van der Waals surface area contributed by atoms with Crippen LogP contribution in [0.4, 0.5) is 0 Å². The second kappa shape index (κ2) is 8.08. The maximum absolute atomic E-state index is 5.91. The highest BCUT2D eigenvalue weighted by Crippen LogP contribution is 2.21. The third-order valence-corrected chi connectivity index (χ3v) is 4.13. The molecule has 0 aliphatic rings. The van der Waals surface area contributed by atoms with Gasteiger partial charge in [-0.15, -0.1) is 5.10 Å². The summed E-state index contributed by atoms with van der Waals surface area (Å²) in [6.07, 6.45) is 1.58. The second-order valence-electron chi connectivity index (χ2n) is 4.13. The van der Waals surface area contributed by atoms with E-state index in [0.29, 0.717) is 15.2 Å². The first kappa shape index (κ1) is 15.9. The van der Waals surface area contributed by atoms with Crippen LogP contribution >= 0.6 is 35.0 Å². The molecule has 0 spiro atoms. The van der Waals surface area contributed by atoms with Gasteiger partial charge in [-0.2, -0.15) is 5.10 Å². The van der Waals surface area contributed by atoms with E-state index >= 15 is 0 Å². The van der Waals surface area contributed by atoms with E-state index < -0.39 is 0 Å². The van der Waals surface area contributed by atoms with Crippen LogP contribution < -0.4 is 5.73 Å². The van der Waals surface area contributed by atoms with E-state index in [1.54, 1.807) is 24.4 Å². The summed E-state index contributed by atoms with van der Waals surface area (Å²) in [4.78, 5) is 0. The number of benzene rings is 2. The molecule has 6 heteroatoms. The lowest BCUT2D eigenvalue weighted by Gasteiger charge is -1.99. The smallest absolute Gasteiger partial charge is 0.180 e. The Balaban J connectivity index is 1.90. The van der Waals surface area contributed by atoms with Crippen LogP contribution in [0, 0.1) is 0 Å². The maximum Gasteiger partial charge on any atom is 0.180 e. The minimum atomic E-state index is 0.412. The van der Waals surface area contributed by atoms with Crippen LogP contribution in [0.5, 0.6) is 0 Å². The minimum Gasteiger partial charge on any atom is -0.377 e. The van der Waals surface area contributed by atoms with Crippen molar-refractivity contribution in [2.45, 2.75) is 5.75 Å². The van der Waals surface area contributed by atoms with Gasteiger partial charge in [0.1, 0.15) is 0 Å². The van der Waals surface area contributed by atoms with Crippen LogP contribution in [-0.2, 0) is 5.75 Å². The Morgan fingerprint density at radius 1 is 1.10 bits per heavy atom. The third kappa shape index (κ3) is 5.42. The van der Waals surface area contributed by atoms with Crippen molar-refractivity contribution in [3.63, 3.8) is 0 Å². The normalized spacial score (nSPS) is 12.0. The first-order chi connectivity index (χ1) is 10.1. The summed E-state index contributed by atoms with van der Waals surface area (Å²) in [7, 11) is 0. The fourth-order valence-corrected chi connectivity index (χ4v) is 2.42. The standard InChI is InChI=1S/C15H13Cl2N3S/c16-13-7-6-12(8-14(13)17)9-19-20-15(18)21-10-11-4-2-1-3-5-11/h1-9H,10H2,(H2,18,20). The van der Waals surface area contributed by atoms with Gasteiger partial charge in [0.25, 0.3) is 0 Å². The van der Waals surface area contributed by atoms with E-state index in [4.69, 9.17) is 28.9 Å². The fourth-order valence-electron chi connectivity index (χ4n) is 1.51. The molecule has 0 unspecified atom stereocenters. The van der Waals surface area contributed by atoms with Gasteiger partial charge in [0, 0.05) is 5.75 Å². The van der Waals surface area contributed by atoms with Gasteiger partial charge in [-0.3, -0.25) is 0 Å². The first-order valence-corrected chi connectivity index (χ1v) is 7.87. The van der Waals surface area contributed by atoms with Crippen molar-refractivity contribution in [2.75, 3.05) is 0 Å². The Hall–Kier alpha value is -1.49. The van der Waals surface area contributed by atoms with Crippen LogP contribution in [0.2, 0.25) is 10.0 Å². The Labute approximate surface area is 137 Å². The van der Waals surface area contributed by atoms with E-state index in [9.17, 15) is 0 Å². The van der Waals surface area contributed by atoms with E-state index in [1.165, 1.54) is 17.3 Å². The summed E-state index contributed by atoms with van der Waals surface area (Å²) in [6, 6.07) is 15.3. The molecule has 0 bridgehead atoms. The molecule has 0 saturated heterocycles. The van der Waals surface area contributed by atoms with Crippen LogP contribution in [0.1, 0.15) is 11.1 Å². The lowest BCUT2D eigenvalue weighted by atomic mass is 10.2. The number of thioether (sulfide) groups is 1. The van der Waals surface area contributed by atoms with Gasteiger partial charge in [0.2, 0.25) is 0 Å². The molecule has 108 valence electrons. The zero-order chi connectivity index (χ0) is 15.1. The minimum absolute atomic E-state index is 0.412. The molecule has 0 fully saturated rings. The molecule has 0 atom stereocenters. The maximum atomic E-state index is 5.91. The molecule has 2 aromatic carbocycles. The van der Waals surface area contributed by atoms with Crippen molar-refractivity contribution in [3.8, 4) is 0 Å². The summed E-state index contributed by atoms with van der Waals surface area (Å²) in [5.41, 5.74) is 7.79. The topological polar surface area (TPSA) is 50.7 Å². The predicted octanol–water partition coefficient (Wildman–Crippen LogP) is 4.58. The Morgan fingerprint density at radius 3 is 2.57 bits per heavy atom. The SMILES string of the molecule is NC(=NN=Cc1ccc(Cl)c(Cl)c1)SCc1ccccc1. The summed E-state index contributed by atoms with van der Waals surface area (Å²) in [5, 5.41) is 9.28. The number of nitrogens with zero attached hydrogens (tertiary/aromatic N) is 2. The summed E-state index contributed by atoms with van der Waals surface area (Å²) in [6.45, 7) is 0. The summed E-state index contributed by atoms with van der Waals surface area (Å²) in [5.74, 6) is 0.762. The number of nitrogens with two attached hydrogens (primary N) is 1. The molecular weight excluding hydrogens is 325 g/mol. The molecule has 2 rings (SSSR count). The quantitative estimate of drug-likeness (QED) is 0.504. The molecular formula is C15H13Cl2N3S. The lowest BCUT2D eigenvalue weighted by Crippen LogP contribution is -2.05. The highest BCUT2D eigenvalue weighted by Gasteiger charge is 1.98. The van der Waals surface area contributed by atoms with Crippen LogP contribution in [0.15, 0.2) is 58.7 Å². The van der Waals surface area contributed by atoms with Crippen molar-refractivity contribution in [1.82, 2.24) is 0 Å². The molecule has 0 aromatic heterocycles. The number of amidine groups is 1. The summed E-state index contributed by atoms with van der Waals surface area (Å²) >= 11 is 13.2. The van der Waals surface area contributed by atoms with E-state index in [2.05, 4.69) is 10.2 Å². The van der Waals surface area contributed by atoms with Crippen LogP contribution in [-0.4, -0.2) is 11.4 Å². The van der Waals surface area contributed by atoms with Crippen molar-refractivity contribution < 1.29 is 0 Å². The van der Waals surface area contributed by atoms with Crippen molar-refractivity contribution in [2.24, 2.45) is 15.9 Å². The van der Waals surface area contributed by atoms with Gasteiger partial charge < -0.3 is 5.73 Å². The zero-order valence-electron chi connectivity index (χ0n) is 11.0. The number of halogens is 2. The largest absolute Gasteiger partial charge is 0.377 e. The summed E-state index contributed by atoms with van der Waals surface area (Å²) < 4.78 is 0. The van der Waals surface area contributed by atoms with Gasteiger partial charge in [-0.25, -0.2) is 0 Å². The van der Waals surface area contributed by atoms with Gasteiger partial charge in [0.05, 0.1) is 16.3 Å². The van der Waals surface area contributed by atoms with Gasteiger partial charge >= 0.3 is 0 Å². The molecule has 2 aromatic rings. The highest BCUT2D eigenvalue weighted by molar-refractivity contribution is 8.13. The molecule has 0 saturated carbocycles. The van der Waals surface area contributed by atoms with E-state index in [1.807, 2.05) is 30.3 Å². The second-order valence-corrected chi connectivity index (χ2v) is 5.94. The Kier molecular flexibility index (Phi) is 6.11. The molecule has 0 aliphatic heterocycles. The van der Waals surface area contributed by atoms with Gasteiger partial charge in [-0.1, -0.05) is 71.4 Å². The fraction of sp³-hybridized carbons (Fsp3) is 0.0667. The molecule has 2 N–H and O–H groups in total.